The van der Waals surface area contributed by atoms with Gasteiger partial charge in [0.15, 0.2) is 0 Å². The Kier molecular flexibility index (Phi) is 6.85. The summed E-state index contributed by atoms with van der Waals surface area (Å²) in [6.07, 6.45) is 1.86. The van der Waals surface area contributed by atoms with Crippen molar-refractivity contribution in [2.45, 2.75) is 0 Å². The van der Waals surface area contributed by atoms with Crippen LogP contribution in [0.1, 0.15) is 0 Å². The van der Waals surface area contributed by atoms with Gasteiger partial charge in [0.2, 0.25) is 0 Å². The quantitative estimate of drug-likeness (QED) is 0.136. The Bertz CT molecular complexity index is 2850. The normalized spacial score (nSPS) is 11.5. The standard InChI is InChI=1S/C49H32N2/c1-2-14-35-31-38(29-24-33(35)13-1)51(47-23-11-12-30-50-47)37-27-25-34(26-28-37)48-42-19-7-9-21-44(42)49(45-22-10-8-20-43(45)48)46-32-36-15-3-4-16-39(36)40-17-5-6-18-41(40)46/h1-32H. The lowest BCUT2D eigenvalue weighted by atomic mass is 9.84. The van der Waals surface area contributed by atoms with Gasteiger partial charge in [0.25, 0.3) is 0 Å². The third kappa shape index (κ3) is 4.84. The predicted octanol–water partition coefficient (Wildman–Crippen LogP) is 13.7. The Morgan fingerprint density at radius 1 is 0.333 bits per heavy atom. The van der Waals surface area contributed by atoms with Gasteiger partial charge in [0.1, 0.15) is 5.82 Å². The van der Waals surface area contributed by atoms with Crippen molar-refractivity contribution >= 4 is 71.1 Å². The molecule has 0 atom stereocenters. The second-order valence-corrected chi connectivity index (χ2v) is 13.1. The first kappa shape index (κ1) is 29.2. The number of fused-ring (bicyclic) bond motifs is 6. The number of hydrogen-bond donors (Lipinski definition) is 0. The molecule has 0 aliphatic carbocycles. The fraction of sp³-hybridized carbons (Fsp3) is 0. The minimum Gasteiger partial charge on any atom is -0.295 e. The van der Waals surface area contributed by atoms with Crippen LogP contribution in [0.15, 0.2) is 194 Å². The van der Waals surface area contributed by atoms with Gasteiger partial charge in [-0.3, -0.25) is 4.90 Å². The fourth-order valence-corrected chi connectivity index (χ4v) is 7.98. The van der Waals surface area contributed by atoms with Crippen molar-refractivity contribution in [3.8, 4) is 22.3 Å². The van der Waals surface area contributed by atoms with Crippen molar-refractivity contribution in [1.82, 2.24) is 4.98 Å². The van der Waals surface area contributed by atoms with Gasteiger partial charge in [0, 0.05) is 17.6 Å². The first-order valence-corrected chi connectivity index (χ1v) is 17.5. The number of nitrogens with zero attached hydrogens (tertiary/aromatic N) is 2. The van der Waals surface area contributed by atoms with Crippen molar-refractivity contribution in [2.75, 3.05) is 4.90 Å². The molecule has 0 saturated heterocycles. The van der Waals surface area contributed by atoms with Crippen LogP contribution in [0.25, 0.3) is 76.1 Å². The van der Waals surface area contributed by atoms with Crippen LogP contribution in [-0.4, -0.2) is 4.98 Å². The molecule has 2 heteroatoms. The van der Waals surface area contributed by atoms with Crippen LogP contribution in [0, 0.1) is 0 Å². The van der Waals surface area contributed by atoms with Crippen molar-refractivity contribution in [2.24, 2.45) is 0 Å². The number of anilines is 3. The van der Waals surface area contributed by atoms with Crippen LogP contribution in [0.5, 0.6) is 0 Å². The van der Waals surface area contributed by atoms with Crippen LogP contribution in [0.4, 0.5) is 17.2 Å². The maximum absolute atomic E-state index is 4.78. The molecule has 10 rings (SSSR count). The zero-order chi connectivity index (χ0) is 33.7. The van der Waals surface area contributed by atoms with E-state index in [1.165, 1.54) is 76.1 Å². The SMILES string of the molecule is c1ccc(N(c2ccc(-c3c4ccccc4c(-c4cc5ccccc5c5ccccc45)c4ccccc34)cc2)c2ccc3ccccc3c2)nc1. The van der Waals surface area contributed by atoms with Gasteiger partial charge in [-0.2, -0.15) is 0 Å². The second-order valence-electron chi connectivity index (χ2n) is 13.1. The molecular formula is C49H32N2. The summed E-state index contributed by atoms with van der Waals surface area (Å²) in [4.78, 5) is 7.02. The van der Waals surface area contributed by atoms with Crippen molar-refractivity contribution in [3.63, 3.8) is 0 Å². The summed E-state index contributed by atoms with van der Waals surface area (Å²) in [6, 6.07) is 68.0. The molecule has 51 heavy (non-hydrogen) atoms. The van der Waals surface area contributed by atoms with Crippen molar-refractivity contribution < 1.29 is 0 Å². The summed E-state index contributed by atoms with van der Waals surface area (Å²) < 4.78 is 0. The summed E-state index contributed by atoms with van der Waals surface area (Å²) in [6.45, 7) is 0. The zero-order valence-electron chi connectivity index (χ0n) is 27.9. The van der Waals surface area contributed by atoms with Crippen LogP contribution in [-0.2, 0) is 0 Å². The zero-order valence-corrected chi connectivity index (χ0v) is 27.9. The van der Waals surface area contributed by atoms with E-state index in [0.29, 0.717) is 0 Å². The fourth-order valence-electron chi connectivity index (χ4n) is 7.98. The molecule has 10 aromatic rings. The smallest absolute Gasteiger partial charge is 0.137 e. The second kappa shape index (κ2) is 12.0. The molecule has 238 valence electrons. The molecule has 0 saturated carbocycles. The Morgan fingerprint density at radius 3 is 1.53 bits per heavy atom. The predicted molar refractivity (Wildman–Crippen MR) is 217 cm³/mol. The average Bonchev–Trinajstić information content (AvgIpc) is 3.20. The van der Waals surface area contributed by atoms with E-state index in [9.17, 15) is 0 Å². The molecule has 0 aliphatic heterocycles. The van der Waals surface area contributed by atoms with E-state index in [1.54, 1.807) is 0 Å². The lowest BCUT2D eigenvalue weighted by Gasteiger charge is -2.25. The minimum atomic E-state index is 0.878. The average molecular weight is 649 g/mol. The Balaban J connectivity index is 1.18. The van der Waals surface area contributed by atoms with E-state index in [4.69, 9.17) is 4.98 Å². The topological polar surface area (TPSA) is 16.1 Å². The van der Waals surface area contributed by atoms with E-state index >= 15 is 0 Å². The Labute approximate surface area is 296 Å². The summed E-state index contributed by atoms with van der Waals surface area (Å²) in [7, 11) is 0. The third-order valence-electron chi connectivity index (χ3n) is 10.3. The molecule has 9 aromatic carbocycles. The van der Waals surface area contributed by atoms with Gasteiger partial charge in [-0.1, -0.05) is 146 Å². The lowest BCUT2D eigenvalue weighted by molar-refractivity contribution is 1.18. The maximum atomic E-state index is 4.78. The molecule has 0 amide bonds. The number of hydrogen-bond acceptors (Lipinski definition) is 2. The van der Waals surface area contributed by atoms with Crippen molar-refractivity contribution in [3.05, 3.63) is 194 Å². The van der Waals surface area contributed by atoms with E-state index < -0.39 is 0 Å². The van der Waals surface area contributed by atoms with Gasteiger partial charge < -0.3 is 0 Å². The first-order chi connectivity index (χ1) is 25.3. The summed E-state index contributed by atoms with van der Waals surface area (Å²) >= 11 is 0. The Hall–Kier alpha value is -6.77. The highest BCUT2D eigenvalue weighted by molar-refractivity contribution is 6.25. The summed E-state index contributed by atoms with van der Waals surface area (Å²) in [5.41, 5.74) is 7.10. The van der Waals surface area contributed by atoms with Crippen LogP contribution in [0.2, 0.25) is 0 Å². The molecular weight excluding hydrogens is 617 g/mol. The molecule has 2 nitrogen and oxygen atoms in total. The molecule has 0 N–H and O–H groups in total. The third-order valence-corrected chi connectivity index (χ3v) is 10.3. The van der Waals surface area contributed by atoms with Crippen LogP contribution >= 0.6 is 0 Å². The number of rotatable bonds is 5. The molecule has 1 heterocycles. The van der Waals surface area contributed by atoms with Gasteiger partial charge in [-0.15, -0.1) is 0 Å². The van der Waals surface area contributed by atoms with Crippen LogP contribution < -0.4 is 4.90 Å². The van der Waals surface area contributed by atoms with E-state index in [0.717, 1.165) is 17.2 Å². The molecule has 0 unspecified atom stereocenters. The highest BCUT2D eigenvalue weighted by Gasteiger charge is 2.20. The van der Waals surface area contributed by atoms with Gasteiger partial charge in [0.05, 0.1) is 0 Å². The van der Waals surface area contributed by atoms with Gasteiger partial charge in [-0.25, -0.2) is 4.98 Å². The monoisotopic (exact) mass is 648 g/mol. The Morgan fingerprint density at radius 2 is 0.863 bits per heavy atom. The molecule has 0 aliphatic rings. The molecule has 0 fully saturated rings. The number of benzene rings is 9. The van der Waals surface area contributed by atoms with E-state index in [-0.39, 0.29) is 0 Å². The molecule has 0 bridgehead atoms. The number of pyridine rings is 1. The largest absolute Gasteiger partial charge is 0.295 e. The van der Waals surface area contributed by atoms with Crippen molar-refractivity contribution in [1.29, 1.82) is 0 Å². The lowest BCUT2D eigenvalue weighted by Crippen LogP contribution is -2.11. The number of aromatic nitrogens is 1. The van der Waals surface area contributed by atoms with Gasteiger partial charge in [-0.05, 0) is 119 Å². The van der Waals surface area contributed by atoms with Crippen LogP contribution in [0.3, 0.4) is 0 Å². The highest BCUT2D eigenvalue weighted by atomic mass is 15.2. The highest BCUT2D eigenvalue weighted by Crippen LogP contribution is 2.47. The summed E-state index contributed by atoms with van der Waals surface area (Å²) in [5.74, 6) is 0.878. The molecule has 0 radical (unpaired) electrons. The first-order valence-electron chi connectivity index (χ1n) is 17.5. The maximum Gasteiger partial charge on any atom is 0.137 e. The van der Waals surface area contributed by atoms with E-state index in [1.807, 2.05) is 18.3 Å². The summed E-state index contributed by atoms with van der Waals surface area (Å²) in [5, 5.41) is 12.5. The minimum absolute atomic E-state index is 0.878. The molecule has 0 spiro atoms. The molecule has 1 aromatic heterocycles. The van der Waals surface area contributed by atoms with E-state index in [2.05, 4.69) is 181 Å². The van der Waals surface area contributed by atoms with Gasteiger partial charge >= 0.3 is 0 Å².